The van der Waals surface area contributed by atoms with Gasteiger partial charge in [-0.2, -0.15) is 0 Å². The largest absolute Gasteiger partial charge is 0.466 e. The molecule has 158 valence electrons. The zero-order valence-corrected chi connectivity index (χ0v) is 17.0. The van der Waals surface area contributed by atoms with Crippen LogP contribution in [-0.4, -0.2) is 71.3 Å². The maximum atomic E-state index is 13.4. The topological polar surface area (TPSA) is 105 Å². The zero-order valence-electron chi connectivity index (χ0n) is 17.0. The number of hydrogen-bond donors (Lipinski definition) is 2. The van der Waals surface area contributed by atoms with Crippen LogP contribution in [0.5, 0.6) is 0 Å². The molecule has 3 rings (SSSR count). The van der Waals surface area contributed by atoms with E-state index in [4.69, 9.17) is 9.47 Å². The molecule has 3 aliphatic rings. The highest BCUT2D eigenvalue weighted by atomic mass is 16.6. The molecule has 8 heteroatoms. The van der Waals surface area contributed by atoms with Gasteiger partial charge >= 0.3 is 5.97 Å². The minimum atomic E-state index is -1.00. The molecular formula is C20H32N2O6. The molecule has 3 fully saturated rings. The summed E-state index contributed by atoms with van der Waals surface area (Å²) in [4.78, 5) is 40.7. The second-order valence-corrected chi connectivity index (χ2v) is 8.23. The average Bonchev–Trinajstić information content (AvgIpc) is 3.21. The van der Waals surface area contributed by atoms with Crippen molar-refractivity contribution in [2.75, 3.05) is 26.3 Å². The predicted molar refractivity (Wildman–Crippen MR) is 100 cm³/mol. The lowest BCUT2D eigenvalue weighted by molar-refractivity contribution is -0.159. The van der Waals surface area contributed by atoms with Crippen LogP contribution in [0.25, 0.3) is 0 Å². The summed E-state index contributed by atoms with van der Waals surface area (Å²) >= 11 is 0. The molecule has 2 N–H and O–H groups in total. The number of aliphatic hydroxyl groups is 1. The summed E-state index contributed by atoms with van der Waals surface area (Å²) in [7, 11) is 0. The van der Waals surface area contributed by atoms with Crippen molar-refractivity contribution in [2.45, 2.75) is 70.1 Å². The van der Waals surface area contributed by atoms with Crippen molar-refractivity contribution in [1.82, 2.24) is 10.2 Å². The molecule has 0 saturated carbocycles. The summed E-state index contributed by atoms with van der Waals surface area (Å²) in [5.41, 5.74) is -1.80. The molecule has 3 heterocycles. The molecule has 2 unspecified atom stereocenters. The number of esters is 1. The number of likely N-dealkylation sites (tertiary alicyclic amines) is 1. The third-order valence-corrected chi connectivity index (χ3v) is 6.45. The quantitative estimate of drug-likeness (QED) is 0.437. The summed E-state index contributed by atoms with van der Waals surface area (Å²) in [6.45, 7) is 6.57. The van der Waals surface area contributed by atoms with E-state index in [-0.39, 0.29) is 31.6 Å². The van der Waals surface area contributed by atoms with Crippen LogP contribution >= 0.6 is 0 Å². The molecule has 2 amide bonds. The third-order valence-electron chi connectivity index (χ3n) is 6.45. The highest BCUT2D eigenvalue weighted by molar-refractivity contribution is 5.98. The fourth-order valence-electron chi connectivity index (χ4n) is 5.28. The van der Waals surface area contributed by atoms with Crippen molar-refractivity contribution >= 4 is 17.8 Å². The summed E-state index contributed by atoms with van der Waals surface area (Å²) in [6, 6.07) is -0.783. The molecule has 0 aromatic heterocycles. The number of carbonyl (C=O) groups excluding carboxylic acids is 3. The van der Waals surface area contributed by atoms with Crippen LogP contribution in [-0.2, 0) is 23.9 Å². The molecule has 0 radical (unpaired) electrons. The first kappa shape index (κ1) is 21.0. The number of fused-ring (bicyclic) bond motifs is 1. The van der Waals surface area contributed by atoms with Gasteiger partial charge in [-0.25, -0.2) is 0 Å². The molecule has 0 aliphatic carbocycles. The van der Waals surface area contributed by atoms with Crippen molar-refractivity contribution in [3.63, 3.8) is 0 Å². The lowest BCUT2D eigenvalue weighted by atomic mass is 9.66. The van der Waals surface area contributed by atoms with Crippen molar-refractivity contribution < 1.29 is 29.0 Å². The molecule has 0 aromatic carbocycles. The molecule has 0 aromatic rings. The Morgan fingerprint density at radius 3 is 2.71 bits per heavy atom. The van der Waals surface area contributed by atoms with Crippen LogP contribution in [0.4, 0.5) is 0 Å². The number of carbonyl (C=O) groups is 3. The number of nitrogens with zero attached hydrogens (tertiary/aromatic N) is 1. The van der Waals surface area contributed by atoms with Gasteiger partial charge < -0.3 is 24.8 Å². The predicted octanol–water partition coefficient (Wildman–Crippen LogP) is 0.613. The number of rotatable bonds is 9. The lowest BCUT2D eigenvalue weighted by Crippen LogP contribution is -2.55. The third kappa shape index (κ3) is 3.10. The monoisotopic (exact) mass is 396 g/mol. The average molecular weight is 396 g/mol. The molecule has 28 heavy (non-hydrogen) atoms. The van der Waals surface area contributed by atoms with Crippen LogP contribution < -0.4 is 5.32 Å². The summed E-state index contributed by atoms with van der Waals surface area (Å²) in [6.07, 6.45) is 3.33. The Kier molecular flexibility index (Phi) is 6.00. The summed E-state index contributed by atoms with van der Waals surface area (Å²) in [5.74, 6) is -2.34. The van der Waals surface area contributed by atoms with Gasteiger partial charge in [-0.3, -0.25) is 14.4 Å². The molecule has 1 spiro atoms. The van der Waals surface area contributed by atoms with Gasteiger partial charge in [0.2, 0.25) is 11.8 Å². The van der Waals surface area contributed by atoms with Crippen LogP contribution in [0.1, 0.15) is 52.9 Å². The molecule has 5 atom stereocenters. The molecule has 3 saturated heterocycles. The van der Waals surface area contributed by atoms with Crippen molar-refractivity contribution in [1.29, 1.82) is 0 Å². The molecular weight excluding hydrogens is 364 g/mol. The van der Waals surface area contributed by atoms with Gasteiger partial charge in [-0.05, 0) is 39.5 Å². The van der Waals surface area contributed by atoms with E-state index in [1.165, 1.54) is 4.90 Å². The van der Waals surface area contributed by atoms with Gasteiger partial charge in [-0.1, -0.05) is 13.3 Å². The number of amides is 2. The van der Waals surface area contributed by atoms with Gasteiger partial charge in [0.05, 0.1) is 18.1 Å². The van der Waals surface area contributed by atoms with E-state index < -0.39 is 35.0 Å². The highest BCUT2D eigenvalue weighted by Crippen LogP contribution is 2.63. The Bertz CT molecular complexity index is 640. The number of unbranched alkanes of at least 4 members (excludes halogenated alkanes) is 1. The number of hydrogen-bond acceptors (Lipinski definition) is 6. The smallest absolute Gasteiger partial charge is 0.312 e. The van der Waals surface area contributed by atoms with E-state index in [0.717, 1.165) is 12.8 Å². The molecule has 8 nitrogen and oxygen atoms in total. The Labute approximate surface area is 165 Å². The van der Waals surface area contributed by atoms with Gasteiger partial charge in [0.15, 0.2) is 0 Å². The Hall–Kier alpha value is -1.67. The number of ether oxygens (including phenoxy) is 2. The Balaban J connectivity index is 1.95. The van der Waals surface area contributed by atoms with Gasteiger partial charge in [-0.15, -0.1) is 0 Å². The first-order valence-electron chi connectivity index (χ1n) is 10.4. The fourth-order valence-corrected chi connectivity index (χ4v) is 5.28. The number of nitrogens with one attached hydrogen (secondary N) is 1. The van der Waals surface area contributed by atoms with E-state index >= 15 is 0 Å². The van der Waals surface area contributed by atoms with E-state index in [1.54, 1.807) is 6.92 Å². The normalized spacial score (nSPS) is 35.9. The highest BCUT2D eigenvalue weighted by Gasteiger charge is 2.78. The van der Waals surface area contributed by atoms with Crippen molar-refractivity contribution in [3.05, 3.63) is 0 Å². The maximum Gasteiger partial charge on any atom is 0.312 e. The minimum absolute atomic E-state index is 0.0779. The van der Waals surface area contributed by atoms with Gasteiger partial charge in [0, 0.05) is 19.7 Å². The van der Waals surface area contributed by atoms with Crippen LogP contribution in [0, 0.1) is 11.8 Å². The second-order valence-electron chi connectivity index (χ2n) is 8.23. The molecule has 2 bridgehead atoms. The van der Waals surface area contributed by atoms with Crippen molar-refractivity contribution in [3.8, 4) is 0 Å². The second kappa shape index (κ2) is 7.99. The number of aliphatic hydroxyl groups excluding tert-OH is 1. The van der Waals surface area contributed by atoms with Crippen molar-refractivity contribution in [2.24, 2.45) is 11.8 Å². The van der Waals surface area contributed by atoms with E-state index in [9.17, 15) is 19.5 Å². The first-order valence-corrected chi connectivity index (χ1v) is 10.4. The summed E-state index contributed by atoms with van der Waals surface area (Å²) < 4.78 is 11.6. The molecule has 3 aliphatic heterocycles. The lowest BCUT2D eigenvalue weighted by Gasteiger charge is -2.33. The van der Waals surface area contributed by atoms with E-state index in [1.807, 2.05) is 13.8 Å². The maximum absolute atomic E-state index is 13.4. The SMILES string of the molecule is CCCCNC(=O)C1N(CCCO)C(=O)[C@@H]2[C@@H](C(=O)OCC)[C@@]3(C)CCC12O3. The zero-order chi connectivity index (χ0) is 20.5. The Morgan fingerprint density at radius 2 is 2.07 bits per heavy atom. The fraction of sp³-hybridized carbons (Fsp3) is 0.850. The van der Waals surface area contributed by atoms with Crippen LogP contribution in [0.3, 0.4) is 0 Å². The van der Waals surface area contributed by atoms with E-state index in [0.29, 0.717) is 25.8 Å². The standard InChI is InChI=1S/C20H32N2O6/c1-4-6-10-21-16(24)15-20-9-8-19(3,28-20)14(18(26)27-5-2)13(20)17(25)22(15)11-7-12-23/h13-15,23H,4-12H2,1-3H3,(H,21,24)/t13-,14-,15?,19+,20?/m0/s1. The van der Waals surface area contributed by atoms with Gasteiger partial charge in [0.1, 0.15) is 17.6 Å². The van der Waals surface area contributed by atoms with Crippen LogP contribution in [0.15, 0.2) is 0 Å². The van der Waals surface area contributed by atoms with E-state index in [2.05, 4.69) is 5.32 Å². The minimum Gasteiger partial charge on any atom is -0.466 e. The van der Waals surface area contributed by atoms with Gasteiger partial charge in [0.25, 0.3) is 0 Å². The van der Waals surface area contributed by atoms with Crippen LogP contribution in [0.2, 0.25) is 0 Å². The first-order chi connectivity index (χ1) is 13.4. The summed E-state index contributed by atoms with van der Waals surface area (Å²) in [5, 5.41) is 12.2. The Morgan fingerprint density at radius 1 is 1.32 bits per heavy atom.